The summed E-state index contributed by atoms with van der Waals surface area (Å²) in [5.41, 5.74) is 2.73. The van der Waals surface area contributed by atoms with E-state index in [9.17, 15) is 4.79 Å². The minimum Gasteiger partial charge on any atom is -0.352 e. The van der Waals surface area contributed by atoms with Crippen molar-refractivity contribution in [2.75, 3.05) is 13.1 Å². The average Bonchev–Trinajstić information content (AvgIpc) is 3.17. The lowest BCUT2D eigenvalue weighted by atomic mass is 9.63. The number of fused-ring (bicyclic) bond motifs is 4. The molecular weight excluding hydrogens is 368 g/mol. The van der Waals surface area contributed by atoms with Crippen LogP contribution in [0.15, 0.2) is 60.7 Å². The molecule has 6 rings (SSSR count). The van der Waals surface area contributed by atoms with Crippen molar-refractivity contribution in [3.63, 3.8) is 0 Å². The van der Waals surface area contributed by atoms with Gasteiger partial charge in [-0.2, -0.15) is 0 Å². The van der Waals surface area contributed by atoms with Crippen molar-refractivity contribution in [2.24, 2.45) is 0 Å². The van der Waals surface area contributed by atoms with Gasteiger partial charge in [-0.1, -0.05) is 60.7 Å². The first-order valence-electron chi connectivity index (χ1n) is 10.4. The fourth-order valence-electron chi connectivity index (χ4n) is 5.93. The Balaban J connectivity index is 0.00000192. The minimum atomic E-state index is -0.00536. The van der Waals surface area contributed by atoms with E-state index in [1.165, 1.54) is 24.0 Å². The Morgan fingerprint density at radius 1 is 0.821 bits per heavy atom. The Kier molecular flexibility index (Phi) is 5.48. The molecule has 0 spiro atoms. The third-order valence-corrected chi connectivity index (χ3v) is 7.12. The van der Waals surface area contributed by atoms with Gasteiger partial charge >= 0.3 is 0 Å². The van der Waals surface area contributed by atoms with E-state index in [2.05, 4.69) is 70.9 Å². The van der Waals surface area contributed by atoms with E-state index in [0.29, 0.717) is 18.3 Å². The Morgan fingerprint density at radius 3 is 1.82 bits per heavy atom. The maximum absolute atomic E-state index is 12.9. The Hall–Kier alpha value is -1.84. The van der Waals surface area contributed by atoms with Crippen LogP contribution >= 0.6 is 12.4 Å². The number of benzene rings is 2. The molecule has 1 saturated carbocycles. The van der Waals surface area contributed by atoms with Gasteiger partial charge < -0.3 is 5.32 Å². The van der Waals surface area contributed by atoms with E-state index in [0.717, 1.165) is 25.9 Å². The largest absolute Gasteiger partial charge is 0.352 e. The van der Waals surface area contributed by atoms with E-state index >= 15 is 0 Å². The van der Waals surface area contributed by atoms with Gasteiger partial charge in [0, 0.05) is 29.8 Å². The van der Waals surface area contributed by atoms with Gasteiger partial charge in [0.25, 0.3) is 0 Å². The second-order valence-electron chi connectivity index (χ2n) is 8.63. The van der Waals surface area contributed by atoms with E-state index in [4.69, 9.17) is 0 Å². The van der Waals surface area contributed by atoms with Crippen LogP contribution in [-0.2, 0) is 4.79 Å². The molecule has 2 unspecified atom stereocenters. The second-order valence-corrected chi connectivity index (χ2v) is 8.63. The van der Waals surface area contributed by atoms with E-state index in [1.54, 1.807) is 0 Å². The van der Waals surface area contributed by atoms with E-state index in [-0.39, 0.29) is 29.9 Å². The van der Waals surface area contributed by atoms with Crippen LogP contribution in [0.1, 0.15) is 55.1 Å². The van der Waals surface area contributed by atoms with Crippen LogP contribution in [0.3, 0.4) is 0 Å². The lowest BCUT2D eigenvalue weighted by Gasteiger charge is -2.50. The Morgan fingerprint density at radius 2 is 1.32 bits per heavy atom. The van der Waals surface area contributed by atoms with Crippen LogP contribution in [0.4, 0.5) is 0 Å². The highest BCUT2D eigenvalue weighted by Crippen LogP contribution is 2.52. The molecule has 2 aromatic rings. The Bertz CT molecular complexity index is 754. The summed E-state index contributed by atoms with van der Waals surface area (Å²) >= 11 is 0. The molecule has 3 aliphatic heterocycles. The lowest BCUT2D eigenvalue weighted by molar-refractivity contribution is -0.123. The van der Waals surface area contributed by atoms with Crippen LogP contribution < -0.4 is 5.32 Å². The highest BCUT2D eigenvalue weighted by atomic mass is 35.5. The van der Waals surface area contributed by atoms with Gasteiger partial charge in [-0.15, -0.1) is 12.4 Å². The smallest absolute Gasteiger partial charge is 0.222 e. The average molecular weight is 397 g/mol. The number of amides is 1. The monoisotopic (exact) mass is 396 g/mol. The molecule has 2 bridgehead atoms. The van der Waals surface area contributed by atoms with Gasteiger partial charge in [0.2, 0.25) is 5.91 Å². The van der Waals surface area contributed by atoms with Crippen molar-refractivity contribution in [3.8, 4) is 0 Å². The number of rotatable bonds is 3. The van der Waals surface area contributed by atoms with Gasteiger partial charge in [0.15, 0.2) is 0 Å². The summed E-state index contributed by atoms with van der Waals surface area (Å²) in [4.78, 5) is 15.6. The Labute approximate surface area is 173 Å². The number of halogens is 1. The summed E-state index contributed by atoms with van der Waals surface area (Å²) < 4.78 is 0. The summed E-state index contributed by atoms with van der Waals surface area (Å²) in [5.74, 6) is 0.984. The molecule has 3 saturated heterocycles. The van der Waals surface area contributed by atoms with Gasteiger partial charge in [-0.3, -0.25) is 9.69 Å². The summed E-state index contributed by atoms with van der Waals surface area (Å²) in [7, 11) is 0. The molecule has 4 fully saturated rings. The van der Waals surface area contributed by atoms with Crippen LogP contribution in [-0.4, -0.2) is 35.5 Å². The van der Waals surface area contributed by atoms with Crippen molar-refractivity contribution in [3.05, 3.63) is 71.8 Å². The molecule has 4 heteroatoms. The maximum atomic E-state index is 12.9. The normalized spacial score (nSPS) is 32.4. The molecule has 1 N–H and O–H groups in total. The highest BCUT2D eigenvalue weighted by molar-refractivity contribution is 5.85. The first kappa shape index (κ1) is 19.5. The zero-order chi connectivity index (χ0) is 18.3. The van der Waals surface area contributed by atoms with Gasteiger partial charge in [0.05, 0.1) is 0 Å². The number of carbonyl (C=O) groups is 1. The predicted octanol–water partition coefficient (Wildman–Crippen LogP) is 4.49. The quantitative estimate of drug-likeness (QED) is 0.828. The van der Waals surface area contributed by atoms with Gasteiger partial charge in [-0.25, -0.2) is 0 Å². The van der Waals surface area contributed by atoms with Crippen molar-refractivity contribution in [1.29, 1.82) is 0 Å². The number of likely N-dealkylation sites (tertiary alicyclic amines) is 1. The van der Waals surface area contributed by atoms with Crippen molar-refractivity contribution >= 4 is 18.3 Å². The van der Waals surface area contributed by atoms with Crippen molar-refractivity contribution < 1.29 is 4.79 Å². The second kappa shape index (κ2) is 7.88. The molecule has 0 radical (unpaired) electrons. The lowest BCUT2D eigenvalue weighted by Crippen LogP contribution is -2.53. The molecule has 1 aliphatic carbocycles. The van der Waals surface area contributed by atoms with Crippen molar-refractivity contribution in [1.82, 2.24) is 10.2 Å². The van der Waals surface area contributed by atoms with Crippen LogP contribution in [0.5, 0.6) is 0 Å². The number of hydrogen-bond acceptors (Lipinski definition) is 2. The summed E-state index contributed by atoms with van der Waals surface area (Å²) in [6, 6.07) is 21.9. The maximum Gasteiger partial charge on any atom is 0.222 e. The number of carbonyl (C=O) groups excluding carboxylic acids is 1. The predicted molar refractivity (Wildman–Crippen MR) is 115 cm³/mol. The third-order valence-electron chi connectivity index (χ3n) is 7.12. The van der Waals surface area contributed by atoms with Crippen LogP contribution in [0.25, 0.3) is 0 Å². The molecule has 3 nitrogen and oxygen atoms in total. The molecule has 2 aromatic carbocycles. The van der Waals surface area contributed by atoms with Crippen LogP contribution in [0.2, 0.25) is 0 Å². The fraction of sp³-hybridized carbons (Fsp3) is 0.458. The summed E-state index contributed by atoms with van der Waals surface area (Å²) in [6.45, 7) is 2.28. The fourth-order valence-corrected chi connectivity index (χ4v) is 5.93. The molecule has 0 aromatic heterocycles. The van der Waals surface area contributed by atoms with E-state index < -0.39 is 0 Å². The zero-order valence-electron chi connectivity index (χ0n) is 16.2. The molecule has 2 atom stereocenters. The molecule has 3 heterocycles. The van der Waals surface area contributed by atoms with Crippen molar-refractivity contribution in [2.45, 2.75) is 55.5 Å². The number of hydrogen-bond donors (Lipinski definition) is 1. The SMILES string of the molecule is Cl.O=C1CC2(N3CCCC3)CC(c3ccccc3)C(N1)C(c1ccccc1)C2. The highest BCUT2D eigenvalue weighted by Gasteiger charge is 2.54. The minimum absolute atomic E-state index is 0. The molecule has 28 heavy (non-hydrogen) atoms. The topological polar surface area (TPSA) is 32.3 Å². The van der Waals surface area contributed by atoms with Gasteiger partial charge in [-0.05, 0) is 49.9 Å². The van der Waals surface area contributed by atoms with Crippen LogP contribution in [0, 0.1) is 0 Å². The standard InChI is InChI=1S/C24H28N2O.ClH/c27-22-17-24(26-13-7-8-14-26)15-20(18-9-3-1-4-10-18)23(25-22)21(16-24)19-11-5-2-6-12-19;/h1-6,9-12,20-21,23H,7-8,13-17H2,(H,25,27);1H. The first-order valence-corrected chi connectivity index (χ1v) is 10.4. The molecule has 4 aliphatic rings. The first-order chi connectivity index (χ1) is 13.3. The molecule has 1 amide bonds. The number of nitrogens with one attached hydrogen (secondary N) is 1. The van der Waals surface area contributed by atoms with Gasteiger partial charge in [0.1, 0.15) is 0 Å². The van der Waals surface area contributed by atoms with E-state index in [1.807, 2.05) is 0 Å². The summed E-state index contributed by atoms with van der Waals surface area (Å²) in [6.07, 6.45) is 5.35. The third kappa shape index (κ3) is 3.35. The molecule has 148 valence electrons. The summed E-state index contributed by atoms with van der Waals surface area (Å²) in [5, 5.41) is 3.45. The number of nitrogens with zero attached hydrogens (tertiary/aromatic N) is 1. The zero-order valence-corrected chi connectivity index (χ0v) is 17.0. The molecular formula is C24H29ClN2O.